The average Bonchev–Trinajstić information content (AvgIpc) is 3.25. The number of carbonyl (C=O) groups is 2. The molecule has 1 fully saturated rings. The van der Waals surface area contributed by atoms with Crippen LogP contribution >= 0.6 is 0 Å². The molecule has 0 bridgehead atoms. The fourth-order valence-corrected chi connectivity index (χ4v) is 3.12. The lowest BCUT2D eigenvalue weighted by molar-refractivity contribution is -0.119. The Hall–Kier alpha value is -2.83. The second-order valence-corrected chi connectivity index (χ2v) is 5.93. The van der Waals surface area contributed by atoms with Crippen LogP contribution in [0.2, 0.25) is 0 Å². The highest BCUT2D eigenvalue weighted by Crippen LogP contribution is 2.24. The van der Waals surface area contributed by atoms with Gasteiger partial charge in [0.15, 0.2) is 0 Å². The molecule has 0 spiro atoms. The van der Waals surface area contributed by atoms with Crippen LogP contribution in [0.25, 0.3) is 11.5 Å². The van der Waals surface area contributed by atoms with Gasteiger partial charge in [0.1, 0.15) is 11.3 Å². The van der Waals surface area contributed by atoms with Crippen molar-refractivity contribution in [3.8, 4) is 11.5 Å². The van der Waals surface area contributed by atoms with Crippen molar-refractivity contribution in [3.63, 3.8) is 0 Å². The molecule has 0 radical (unpaired) electrons. The van der Waals surface area contributed by atoms with Gasteiger partial charge in [-0.1, -0.05) is 12.8 Å². The van der Waals surface area contributed by atoms with Gasteiger partial charge in [-0.15, -0.1) is 0 Å². The molecule has 2 aromatic heterocycles. The quantitative estimate of drug-likeness (QED) is 0.866. The molecule has 7 nitrogen and oxygen atoms in total. The molecule has 3 rings (SSSR count). The van der Waals surface area contributed by atoms with E-state index >= 15 is 0 Å². The molecule has 3 N–H and O–H groups in total. The Labute approximate surface area is 138 Å². The maximum absolute atomic E-state index is 12.8. The summed E-state index contributed by atoms with van der Waals surface area (Å²) in [6, 6.07) is 6.45. The molecule has 1 aliphatic rings. The first kappa shape index (κ1) is 16.0. The monoisotopic (exact) mass is 329 g/mol. The second kappa shape index (κ2) is 6.74. The number of H-pyrrole nitrogens is 1. The van der Waals surface area contributed by atoms with Crippen LogP contribution in [-0.4, -0.2) is 34.3 Å². The summed E-state index contributed by atoms with van der Waals surface area (Å²) in [5, 5.41) is 0. The van der Waals surface area contributed by atoms with E-state index in [4.69, 9.17) is 10.2 Å². The summed E-state index contributed by atoms with van der Waals surface area (Å²) in [5.41, 5.74) is 5.25. The van der Waals surface area contributed by atoms with E-state index in [-0.39, 0.29) is 18.2 Å². The summed E-state index contributed by atoms with van der Waals surface area (Å²) in [6.45, 7) is -0.178. The Morgan fingerprint density at radius 1 is 1.25 bits per heavy atom. The number of aromatic amines is 1. The van der Waals surface area contributed by atoms with Crippen molar-refractivity contribution in [3.05, 3.63) is 46.4 Å². The number of nitrogens with two attached hydrogens (primary N) is 1. The van der Waals surface area contributed by atoms with Crippen molar-refractivity contribution >= 4 is 11.8 Å². The van der Waals surface area contributed by atoms with E-state index in [2.05, 4.69) is 4.98 Å². The number of hydrogen-bond acceptors (Lipinski definition) is 4. The number of nitrogens with zero attached hydrogens (tertiary/aromatic N) is 1. The molecular formula is C17H19N3O4. The first-order chi connectivity index (χ1) is 11.6. The molecule has 2 amide bonds. The molecule has 1 saturated carbocycles. The van der Waals surface area contributed by atoms with Gasteiger partial charge in [-0.3, -0.25) is 14.4 Å². The number of carbonyl (C=O) groups excluding carboxylic acids is 2. The molecule has 2 heterocycles. The fraction of sp³-hybridized carbons (Fsp3) is 0.353. The minimum atomic E-state index is -0.584. The molecule has 1 aliphatic carbocycles. The molecule has 24 heavy (non-hydrogen) atoms. The number of nitrogens with one attached hydrogen (secondary N) is 1. The molecule has 0 saturated heterocycles. The molecule has 0 unspecified atom stereocenters. The number of aromatic nitrogens is 1. The van der Waals surface area contributed by atoms with Gasteiger partial charge in [0.05, 0.1) is 18.5 Å². The van der Waals surface area contributed by atoms with Gasteiger partial charge in [0.25, 0.3) is 11.5 Å². The summed E-state index contributed by atoms with van der Waals surface area (Å²) in [5.74, 6) is -0.539. The van der Waals surface area contributed by atoms with Crippen molar-refractivity contribution in [2.24, 2.45) is 5.73 Å². The Balaban J connectivity index is 1.89. The van der Waals surface area contributed by atoms with Gasteiger partial charge in [0.2, 0.25) is 5.91 Å². The average molecular weight is 329 g/mol. The second-order valence-electron chi connectivity index (χ2n) is 5.93. The van der Waals surface area contributed by atoms with Crippen molar-refractivity contribution in [2.45, 2.75) is 31.7 Å². The predicted molar refractivity (Wildman–Crippen MR) is 87.3 cm³/mol. The van der Waals surface area contributed by atoms with Crippen LogP contribution in [0.4, 0.5) is 0 Å². The largest absolute Gasteiger partial charge is 0.463 e. The first-order valence-electron chi connectivity index (χ1n) is 7.92. The summed E-state index contributed by atoms with van der Waals surface area (Å²) in [7, 11) is 0. The lowest BCUT2D eigenvalue weighted by Gasteiger charge is -2.27. The summed E-state index contributed by atoms with van der Waals surface area (Å²) < 4.78 is 5.23. The van der Waals surface area contributed by atoms with E-state index < -0.39 is 17.4 Å². The van der Waals surface area contributed by atoms with E-state index in [1.807, 2.05) is 0 Å². The van der Waals surface area contributed by atoms with Gasteiger partial charge < -0.3 is 20.0 Å². The summed E-state index contributed by atoms with van der Waals surface area (Å²) in [6.07, 6.45) is 5.15. The van der Waals surface area contributed by atoms with E-state index in [0.717, 1.165) is 25.7 Å². The first-order valence-corrected chi connectivity index (χ1v) is 7.92. The van der Waals surface area contributed by atoms with Crippen LogP contribution in [0.3, 0.4) is 0 Å². The maximum Gasteiger partial charge on any atom is 0.261 e. The zero-order chi connectivity index (χ0) is 17.1. The van der Waals surface area contributed by atoms with Crippen LogP contribution in [0.5, 0.6) is 0 Å². The van der Waals surface area contributed by atoms with Crippen LogP contribution < -0.4 is 11.3 Å². The number of amides is 2. The molecule has 0 aromatic carbocycles. The molecule has 126 valence electrons. The van der Waals surface area contributed by atoms with Crippen molar-refractivity contribution < 1.29 is 14.0 Å². The maximum atomic E-state index is 12.8. The summed E-state index contributed by atoms with van der Waals surface area (Å²) >= 11 is 0. The smallest absolute Gasteiger partial charge is 0.261 e. The van der Waals surface area contributed by atoms with E-state index in [9.17, 15) is 14.4 Å². The predicted octanol–water partition coefficient (Wildman–Crippen LogP) is 1.50. The third-order valence-corrected chi connectivity index (χ3v) is 4.28. The highest BCUT2D eigenvalue weighted by atomic mass is 16.3. The molecule has 7 heteroatoms. The SMILES string of the molecule is NC(=O)CN(C(=O)c1ccc(-c2ccco2)[nH]c1=O)C1CCCC1. The van der Waals surface area contributed by atoms with Crippen LogP contribution in [0.1, 0.15) is 36.0 Å². The van der Waals surface area contributed by atoms with Crippen molar-refractivity contribution in [1.82, 2.24) is 9.88 Å². The lowest BCUT2D eigenvalue weighted by atomic mass is 10.1. The van der Waals surface area contributed by atoms with Crippen LogP contribution in [0, 0.1) is 0 Å². The van der Waals surface area contributed by atoms with Gasteiger partial charge in [-0.2, -0.15) is 0 Å². The Morgan fingerprint density at radius 2 is 2.00 bits per heavy atom. The zero-order valence-corrected chi connectivity index (χ0v) is 13.2. The topological polar surface area (TPSA) is 109 Å². The van der Waals surface area contributed by atoms with Crippen LogP contribution in [0.15, 0.2) is 39.7 Å². The highest BCUT2D eigenvalue weighted by Gasteiger charge is 2.29. The van der Waals surface area contributed by atoms with Gasteiger partial charge in [0, 0.05) is 6.04 Å². The third kappa shape index (κ3) is 3.24. The number of hydrogen-bond donors (Lipinski definition) is 2. The number of pyridine rings is 1. The third-order valence-electron chi connectivity index (χ3n) is 4.28. The minimum absolute atomic E-state index is 0.00143. The van der Waals surface area contributed by atoms with E-state index in [0.29, 0.717) is 11.5 Å². The van der Waals surface area contributed by atoms with E-state index in [1.54, 1.807) is 18.2 Å². The van der Waals surface area contributed by atoms with E-state index in [1.165, 1.54) is 17.2 Å². The highest BCUT2D eigenvalue weighted by molar-refractivity contribution is 5.96. The van der Waals surface area contributed by atoms with Crippen molar-refractivity contribution in [1.29, 1.82) is 0 Å². The standard InChI is InChI=1S/C17H19N3O4/c18-15(21)10-20(11-4-1-2-5-11)17(23)12-7-8-13(19-16(12)22)14-6-3-9-24-14/h3,6-9,11H,1-2,4-5,10H2,(H2,18,21)(H,19,22). The Kier molecular flexibility index (Phi) is 4.50. The molecular weight excluding hydrogens is 310 g/mol. The number of primary amides is 1. The molecule has 2 aromatic rings. The Morgan fingerprint density at radius 3 is 2.58 bits per heavy atom. The van der Waals surface area contributed by atoms with Gasteiger partial charge >= 0.3 is 0 Å². The van der Waals surface area contributed by atoms with Crippen molar-refractivity contribution in [2.75, 3.05) is 6.54 Å². The minimum Gasteiger partial charge on any atom is -0.463 e. The van der Waals surface area contributed by atoms with Gasteiger partial charge in [-0.25, -0.2) is 0 Å². The number of furan rings is 1. The summed E-state index contributed by atoms with van der Waals surface area (Å²) in [4.78, 5) is 40.5. The van der Waals surface area contributed by atoms with Gasteiger partial charge in [-0.05, 0) is 37.1 Å². The molecule has 0 atom stereocenters. The Bertz CT molecular complexity index is 788. The zero-order valence-electron chi connectivity index (χ0n) is 13.2. The fourth-order valence-electron chi connectivity index (χ4n) is 3.12. The normalized spacial score (nSPS) is 14.7. The molecule has 0 aliphatic heterocycles. The lowest BCUT2D eigenvalue weighted by Crippen LogP contribution is -2.45. The van der Waals surface area contributed by atoms with Crippen LogP contribution in [-0.2, 0) is 4.79 Å². The number of rotatable bonds is 5.